The molecule has 0 bridgehead atoms. The molecule has 0 radical (unpaired) electrons. The summed E-state index contributed by atoms with van der Waals surface area (Å²) in [6, 6.07) is 5.52. The molecule has 3 atom stereocenters. The quantitative estimate of drug-likeness (QED) is 0.903. The second kappa shape index (κ2) is 6.38. The van der Waals surface area contributed by atoms with Gasteiger partial charge in [-0.05, 0) is 51.3 Å². The zero-order chi connectivity index (χ0) is 13.8. The minimum atomic E-state index is 0.563. The van der Waals surface area contributed by atoms with Crippen LogP contribution in [0.2, 0.25) is 0 Å². The standard InChI is InChI=1S/C16H27N3/c1-5-9-17-16-8-10-19(14(4)13(16)3)15-7-6-12(2)18-11-15/h6-7,11,13-14,16-17H,5,8-10H2,1-4H3. The smallest absolute Gasteiger partial charge is 0.0555 e. The lowest BCUT2D eigenvalue weighted by molar-refractivity contribution is 0.271. The lowest BCUT2D eigenvalue weighted by Crippen LogP contribution is -2.53. The van der Waals surface area contributed by atoms with E-state index in [1.807, 2.05) is 13.1 Å². The molecule has 3 nitrogen and oxygen atoms in total. The minimum absolute atomic E-state index is 0.563. The summed E-state index contributed by atoms with van der Waals surface area (Å²) in [5, 5.41) is 3.69. The summed E-state index contributed by atoms with van der Waals surface area (Å²) in [6.45, 7) is 11.2. The Morgan fingerprint density at radius 1 is 1.37 bits per heavy atom. The van der Waals surface area contributed by atoms with Gasteiger partial charge in [-0.1, -0.05) is 13.8 Å². The minimum Gasteiger partial charge on any atom is -0.367 e. The Balaban J connectivity index is 2.04. The highest BCUT2D eigenvalue weighted by Gasteiger charge is 2.32. The fourth-order valence-electron chi connectivity index (χ4n) is 2.98. The SMILES string of the molecule is CCCNC1CCN(c2ccc(C)nc2)C(C)C1C. The van der Waals surface area contributed by atoms with Crippen molar-refractivity contribution >= 4 is 5.69 Å². The lowest BCUT2D eigenvalue weighted by Gasteiger charge is -2.44. The number of piperidine rings is 1. The van der Waals surface area contributed by atoms with E-state index in [9.17, 15) is 0 Å². The molecule has 1 aliphatic heterocycles. The number of anilines is 1. The number of pyridine rings is 1. The van der Waals surface area contributed by atoms with Gasteiger partial charge >= 0.3 is 0 Å². The van der Waals surface area contributed by atoms with Crippen molar-refractivity contribution in [2.75, 3.05) is 18.0 Å². The first-order chi connectivity index (χ1) is 9.13. The van der Waals surface area contributed by atoms with Crippen molar-refractivity contribution in [2.24, 2.45) is 5.92 Å². The molecule has 0 spiro atoms. The van der Waals surface area contributed by atoms with Crippen molar-refractivity contribution in [1.82, 2.24) is 10.3 Å². The van der Waals surface area contributed by atoms with Crippen LogP contribution in [0.25, 0.3) is 0 Å². The maximum Gasteiger partial charge on any atom is 0.0555 e. The van der Waals surface area contributed by atoms with E-state index in [1.165, 1.54) is 18.5 Å². The Bertz CT molecular complexity index is 387. The zero-order valence-corrected chi connectivity index (χ0v) is 12.7. The van der Waals surface area contributed by atoms with Gasteiger partial charge in [0, 0.05) is 24.3 Å². The van der Waals surface area contributed by atoms with Crippen LogP contribution in [0.1, 0.15) is 39.3 Å². The largest absolute Gasteiger partial charge is 0.367 e. The highest BCUT2D eigenvalue weighted by Crippen LogP contribution is 2.28. The van der Waals surface area contributed by atoms with E-state index < -0.39 is 0 Å². The van der Waals surface area contributed by atoms with Crippen molar-refractivity contribution in [3.63, 3.8) is 0 Å². The van der Waals surface area contributed by atoms with Gasteiger partial charge < -0.3 is 10.2 Å². The second-order valence-corrected chi connectivity index (χ2v) is 5.80. The Hall–Kier alpha value is -1.09. The van der Waals surface area contributed by atoms with Crippen LogP contribution in [0.4, 0.5) is 5.69 Å². The van der Waals surface area contributed by atoms with E-state index in [4.69, 9.17) is 0 Å². The maximum atomic E-state index is 4.43. The number of nitrogens with one attached hydrogen (secondary N) is 1. The molecule has 3 heteroatoms. The Kier molecular flexibility index (Phi) is 4.81. The summed E-state index contributed by atoms with van der Waals surface area (Å²) >= 11 is 0. The van der Waals surface area contributed by atoms with Gasteiger partial charge in [-0.25, -0.2) is 0 Å². The maximum absolute atomic E-state index is 4.43. The van der Waals surface area contributed by atoms with E-state index in [0.29, 0.717) is 18.0 Å². The molecule has 1 aromatic heterocycles. The number of hydrogen-bond acceptors (Lipinski definition) is 3. The Morgan fingerprint density at radius 3 is 2.79 bits per heavy atom. The van der Waals surface area contributed by atoms with Crippen LogP contribution in [0.15, 0.2) is 18.3 Å². The number of nitrogens with zero attached hydrogens (tertiary/aromatic N) is 2. The number of aryl methyl sites for hydroxylation is 1. The Labute approximate surface area is 117 Å². The molecule has 1 saturated heterocycles. The normalized spacial score (nSPS) is 27.6. The molecule has 106 valence electrons. The molecule has 2 rings (SSSR count). The van der Waals surface area contributed by atoms with E-state index >= 15 is 0 Å². The van der Waals surface area contributed by atoms with Crippen LogP contribution < -0.4 is 10.2 Å². The first-order valence-electron chi connectivity index (χ1n) is 7.56. The molecule has 0 saturated carbocycles. The van der Waals surface area contributed by atoms with Crippen LogP contribution >= 0.6 is 0 Å². The molecule has 0 amide bonds. The predicted octanol–water partition coefficient (Wildman–Crippen LogP) is 2.99. The summed E-state index contributed by atoms with van der Waals surface area (Å²) in [5.41, 5.74) is 2.35. The molecule has 1 aliphatic rings. The molecule has 0 aromatic carbocycles. The van der Waals surface area contributed by atoms with Crippen molar-refractivity contribution in [1.29, 1.82) is 0 Å². The van der Waals surface area contributed by atoms with Crippen LogP contribution in [-0.2, 0) is 0 Å². The van der Waals surface area contributed by atoms with Gasteiger partial charge in [0.25, 0.3) is 0 Å². The molecule has 1 aromatic rings. The van der Waals surface area contributed by atoms with Gasteiger partial charge in [-0.3, -0.25) is 4.98 Å². The molecular weight excluding hydrogens is 234 g/mol. The van der Waals surface area contributed by atoms with Crippen LogP contribution in [0, 0.1) is 12.8 Å². The fraction of sp³-hybridized carbons (Fsp3) is 0.688. The number of aromatic nitrogens is 1. The van der Waals surface area contributed by atoms with Gasteiger partial charge in [0.2, 0.25) is 0 Å². The monoisotopic (exact) mass is 261 g/mol. The first-order valence-corrected chi connectivity index (χ1v) is 7.56. The zero-order valence-electron chi connectivity index (χ0n) is 12.7. The summed E-state index contributed by atoms with van der Waals surface area (Å²) < 4.78 is 0. The van der Waals surface area contributed by atoms with E-state index in [2.05, 4.69) is 48.1 Å². The third kappa shape index (κ3) is 3.27. The fourth-order valence-corrected chi connectivity index (χ4v) is 2.98. The summed E-state index contributed by atoms with van der Waals surface area (Å²) in [5.74, 6) is 0.668. The van der Waals surface area contributed by atoms with Crippen molar-refractivity contribution in [3.8, 4) is 0 Å². The van der Waals surface area contributed by atoms with Crippen molar-refractivity contribution < 1.29 is 0 Å². The molecule has 19 heavy (non-hydrogen) atoms. The summed E-state index contributed by atoms with van der Waals surface area (Å²) in [7, 11) is 0. The predicted molar refractivity (Wildman–Crippen MR) is 81.6 cm³/mol. The third-order valence-electron chi connectivity index (χ3n) is 4.45. The third-order valence-corrected chi connectivity index (χ3v) is 4.45. The van der Waals surface area contributed by atoms with Crippen molar-refractivity contribution in [3.05, 3.63) is 24.0 Å². The highest BCUT2D eigenvalue weighted by molar-refractivity contribution is 5.46. The van der Waals surface area contributed by atoms with Gasteiger partial charge in [-0.15, -0.1) is 0 Å². The molecule has 3 unspecified atom stereocenters. The molecule has 0 aliphatic carbocycles. The van der Waals surface area contributed by atoms with E-state index in [-0.39, 0.29) is 0 Å². The second-order valence-electron chi connectivity index (χ2n) is 5.80. The van der Waals surface area contributed by atoms with Gasteiger partial charge in [0.05, 0.1) is 11.9 Å². The summed E-state index contributed by atoms with van der Waals surface area (Å²) in [6.07, 6.45) is 4.45. The van der Waals surface area contributed by atoms with Gasteiger partial charge in [0.15, 0.2) is 0 Å². The topological polar surface area (TPSA) is 28.2 Å². The molecule has 1 fully saturated rings. The molecule has 2 heterocycles. The van der Waals surface area contributed by atoms with Crippen LogP contribution in [-0.4, -0.2) is 30.2 Å². The van der Waals surface area contributed by atoms with Gasteiger partial charge in [0.1, 0.15) is 0 Å². The summed E-state index contributed by atoms with van der Waals surface area (Å²) in [4.78, 5) is 6.93. The van der Waals surface area contributed by atoms with E-state index in [0.717, 1.165) is 18.8 Å². The first kappa shape index (κ1) is 14.3. The average molecular weight is 261 g/mol. The van der Waals surface area contributed by atoms with Crippen LogP contribution in [0.5, 0.6) is 0 Å². The molecular formula is C16H27N3. The van der Waals surface area contributed by atoms with Gasteiger partial charge in [-0.2, -0.15) is 0 Å². The number of rotatable bonds is 4. The Morgan fingerprint density at radius 2 is 2.16 bits per heavy atom. The van der Waals surface area contributed by atoms with E-state index in [1.54, 1.807) is 0 Å². The highest BCUT2D eigenvalue weighted by atomic mass is 15.2. The molecule has 1 N–H and O–H groups in total. The number of hydrogen-bond donors (Lipinski definition) is 1. The lowest BCUT2D eigenvalue weighted by atomic mass is 9.86. The van der Waals surface area contributed by atoms with Crippen LogP contribution in [0.3, 0.4) is 0 Å². The van der Waals surface area contributed by atoms with Crippen molar-refractivity contribution in [2.45, 2.75) is 52.6 Å². The average Bonchev–Trinajstić information content (AvgIpc) is 2.42.